The van der Waals surface area contributed by atoms with E-state index in [9.17, 15) is 0 Å². The summed E-state index contributed by atoms with van der Waals surface area (Å²) >= 11 is 0. The lowest BCUT2D eigenvalue weighted by Gasteiger charge is -2.16. The first kappa shape index (κ1) is 31.5. The van der Waals surface area contributed by atoms with Crippen LogP contribution in [0.3, 0.4) is 0 Å². The van der Waals surface area contributed by atoms with Crippen molar-refractivity contribution in [1.82, 2.24) is 14.1 Å². The second-order valence-corrected chi connectivity index (χ2v) is 13.5. The maximum atomic E-state index is 5.14. The molecule has 10 aromatic rings. The summed E-state index contributed by atoms with van der Waals surface area (Å²) in [6, 6.07) is 75.6. The Balaban J connectivity index is 1.30. The van der Waals surface area contributed by atoms with E-state index in [1.165, 1.54) is 33.1 Å². The fourth-order valence-electron chi connectivity index (χ4n) is 8.01. The zero-order chi connectivity index (χ0) is 35.8. The van der Waals surface area contributed by atoms with Crippen LogP contribution in [-0.2, 0) is 0 Å². The van der Waals surface area contributed by atoms with Gasteiger partial charge < -0.3 is 9.13 Å². The van der Waals surface area contributed by atoms with E-state index >= 15 is 0 Å². The topological polar surface area (TPSA) is 22.8 Å². The second kappa shape index (κ2) is 13.4. The van der Waals surface area contributed by atoms with Gasteiger partial charge in [-0.05, 0) is 59.7 Å². The van der Waals surface area contributed by atoms with Crippen molar-refractivity contribution in [2.75, 3.05) is 0 Å². The quantitative estimate of drug-likeness (QED) is 0.163. The van der Waals surface area contributed by atoms with Crippen LogP contribution in [0.5, 0.6) is 0 Å². The fourth-order valence-corrected chi connectivity index (χ4v) is 8.01. The van der Waals surface area contributed by atoms with E-state index in [1.54, 1.807) is 0 Å². The molecule has 7 aromatic carbocycles. The van der Waals surface area contributed by atoms with Crippen molar-refractivity contribution in [2.45, 2.75) is 0 Å². The number of benzene rings is 7. The normalized spacial score (nSPS) is 11.3. The number of aromatic nitrogens is 3. The van der Waals surface area contributed by atoms with Crippen molar-refractivity contribution < 1.29 is 0 Å². The van der Waals surface area contributed by atoms with Crippen LogP contribution >= 0.6 is 0 Å². The molecule has 0 radical (unpaired) electrons. The molecule has 54 heavy (non-hydrogen) atoms. The Morgan fingerprint density at radius 2 is 0.685 bits per heavy atom. The van der Waals surface area contributed by atoms with Crippen molar-refractivity contribution >= 4 is 21.8 Å². The highest BCUT2D eigenvalue weighted by atomic mass is 15.0. The Kier molecular flexibility index (Phi) is 7.81. The predicted octanol–water partition coefficient (Wildman–Crippen LogP) is 13.3. The minimum atomic E-state index is 0.938. The number of pyridine rings is 1. The van der Waals surface area contributed by atoms with Gasteiger partial charge in [0.1, 0.15) is 0 Å². The number of hydrogen-bond donors (Lipinski definition) is 0. The minimum absolute atomic E-state index is 0.938. The molecular weight excluding hydrogens is 655 g/mol. The fraction of sp³-hybridized carbons (Fsp3) is 0. The largest absolute Gasteiger partial charge is 0.309 e. The minimum Gasteiger partial charge on any atom is -0.309 e. The average Bonchev–Trinajstić information content (AvgIpc) is 3.78. The van der Waals surface area contributed by atoms with Crippen LogP contribution in [-0.4, -0.2) is 14.1 Å². The maximum absolute atomic E-state index is 5.14. The van der Waals surface area contributed by atoms with Gasteiger partial charge in [-0.15, -0.1) is 0 Å². The van der Waals surface area contributed by atoms with Crippen LogP contribution in [0, 0.1) is 0 Å². The first-order chi connectivity index (χ1) is 26.8. The first-order valence-electron chi connectivity index (χ1n) is 18.4. The van der Waals surface area contributed by atoms with E-state index in [2.05, 4.69) is 215 Å². The third-order valence-corrected chi connectivity index (χ3v) is 10.3. The SMILES string of the molecule is c1ccc(-c2cccc(-c3cccc(-n4c(-c5ccccc5)c(-c5c(-c6ccccc6)n(-c6ccccc6)c6ccccc56)c5ccccc54)c3)n2)cc1. The highest BCUT2D eigenvalue weighted by Gasteiger charge is 2.28. The molecular formula is C51H35N3. The summed E-state index contributed by atoms with van der Waals surface area (Å²) in [4.78, 5) is 5.14. The molecule has 0 aliphatic rings. The highest BCUT2D eigenvalue weighted by Crippen LogP contribution is 2.50. The Hall–Kier alpha value is -7.23. The molecule has 0 aliphatic heterocycles. The summed E-state index contributed by atoms with van der Waals surface area (Å²) in [5, 5.41) is 2.40. The van der Waals surface area contributed by atoms with Gasteiger partial charge in [-0.25, -0.2) is 4.98 Å². The molecule has 254 valence electrons. The molecule has 0 unspecified atom stereocenters. The Bertz CT molecular complexity index is 2900. The third kappa shape index (κ3) is 5.34. The van der Waals surface area contributed by atoms with Gasteiger partial charge in [0.15, 0.2) is 0 Å². The van der Waals surface area contributed by atoms with Crippen molar-refractivity contribution in [3.63, 3.8) is 0 Å². The number of para-hydroxylation sites is 3. The van der Waals surface area contributed by atoms with E-state index in [0.29, 0.717) is 0 Å². The molecule has 0 bridgehead atoms. The molecule has 3 nitrogen and oxygen atoms in total. The number of hydrogen-bond acceptors (Lipinski definition) is 1. The van der Waals surface area contributed by atoms with Crippen LogP contribution in [0.1, 0.15) is 0 Å². The molecule has 0 saturated carbocycles. The molecule has 3 aromatic heterocycles. The lowest BCUT2D eigenvalue weighted by molar-refractivity contribution is 1.13. The van der Waals surface area contributed by atoms with Crippen molar-refractivity contribution in [3.05, 3.63) is 212 Å². The number of rotatable bonds is 7. The zero-order valence-electron chi connectivity index (χ0n) is 29.5. The maximum Gasteiger partial charge on any atom is 0.0710 e. The zero-order valence-corrected chi connectivity index (χ0v) is 29.5. The molecule has 0 amide bonds. The lowest BCUT2D eigenvalue weighted by atomic mass is 9.93. The van der Waals surface area contributed by atoms with Crippen LogP contribution < -0.4 is 0 Å². The second-order valence-electron chi connectivity index (χ2n) is 13.5. The van der Waals surface area contributed by atoms with Crippen molar-refractivity contribution in [2.24, 2.45) is 0 Å². The highest BCUT2D eigenvalue weighted by molar-refractivity contribution is 6.16. The Labute approximate surface area is 314 Å². The van der Waals surface area contributed by atoms with Gasteiger partial charge in [0.05, 0.1) is 33.8 Å². The molecule has 0 N–H and O–H groups in total. The predicted molar refractivity (Wildman–Crippen MR) is 225 cm³/mol. The van der Waals surface area contributed by atoms with E-state index < -0.39 is 0 Å². The van der Waals surface area contributed by atoms with E-state index in [-0.39, 0.29) is 0 Å². The van der Waals surface area contributed by atoms with Crippen molar-refractivity contribution in [3.8, 4) is 67.5 Å². The molecule has 3 heterocycles. The summed E-state index contributed by atoms with van der Waals surface area (Å²) in [5.41, 5.74) is 15.6. The average molecular weight is 690 g/mol. The van der Waals surface area contributed by atoms with E-state index in [1.807, 2.05) is 6.07 Å². The van der Waals surface area contributed by atoms with Gasteiger partial charge in [0.25, 0.3) is 0 Å². The van der Waals surface area contributed by atoms with E-state index in [0.717, 1.165) is 56.2 Å². The third-order valence-electron chi connectivity index (χ3n) is 10.3. The summed E-state index contributed by atoms with van der Waals surface area (Å²) in [7, 11) is 0. The Morgan fingerprint density at radius 3 is 1.24 bits per heavy atom. The summed E-state index contributed by atoms with van der Waals surface area (Å²) in [6.07, 6.45) is 0. The summed E-state index contributed by atoms with van der Waals surface area (Å²) in [6.45, 7) is 0. The monoisotopic (exact) mass is 689 g/mol. The van der Waals surface area contributed by atoms with Gasteiger partial charge in [0, 0.05) is 44.4 Å². The van der Waals surface area contributed by atoms with Crippen LogP contribution in [0.25, 0.3) is 89.3 Å². The summed E-state index contributed by atoms with van der Waals surface area (Å²) in [5.74, 6) is 0. The lowest BCUT2D eigenvalue weighted by Crippen LogP contribution is -1.99. The van der Waals surface area contributed by atoms with Crippen LogP contribution in [0.4, 0.5) is 0 Å². The van der Waals surface area contributed by atoms with Crippen LogP contribution in [0.15, 0.2) is 212 Å². The standard InChI is InChI=1S/C51H35N3/c1-5-19-36(20-6-1)44-31-18-32-45(52-44)39-25-17-28-41(35-39)54-47-34-16-14-30-43(47)49(51(54)38-23-9-3-10-24-38)48-42-29-13-15-33-46(42)53(40-26-11-4-12-27-40)50(48)37-21-7-2-8-22-37/h1-35H. The van der Waals surface area contributed by atoms with Crippen LogP contribution in [0.2, 0.25) is 0 Å². The van der Waals surface area contributed by atoms with Gasteiger partial charge >= 0.3 is 0 Å². The molecule has 10 rings (SSSR count). The molecule has 0 aliphatic carbocycles. The van der Waals surface area contributed by atoms with Gasteiger partial charge in [0.2, 0.25) is 0 Å². The van der Waals surface area contributed by atoms with Gasteiger partial charge in [-0.2, -0.15) is 0 Å². The van der Waals surface area contributed by atoms with Crippen molar-refractivity contribution in [1.29, 1.82) is 0 Å². The van der Waals surface area contributed by atoms with Gasteiger partial charge in [-0.3, -0.25) is 0 Å². The summed E-state index contributed by atoms with van der Waals surface area (Å²) < 4.78 is 4.89. The molecule has 0 spiro atoms. The molecule has 0 saturated heterocycles. The van der Waals surface area contributed by atoms with Gasteiger partial charge in [-0.1, -0.05) is 164 Å². The molecule has 3 heteroatoms. The Morgan fingerprint density at radius 1 is 0.296 bits per heavy atom. The first-order valence-corrected chi connectivity index (χ1v) is 18.4. The smallest absolute Gasteiger partial charge is 0.0710 e. The molecule has 0 atom stereocenters. The number of fused-ring (bicyclic) bond motifs is 2. The molecule has 0 fully saturated rings. The number of nitrogens with zero attached hydrogens (tertiary/aromatic N) is 3. The van der Waals surface area contributed by atoms with E-state index in [4.69, 9.17) is 4.98 Å².